The maximum Gasteiger partial charge on any atom is 0.0831 e. The average Bonchev–Trinajstić information content (AvgIpc) is 2.09. The van der Waals surface area contributed by atoms with E-state index in [4.69, 9.17) is 12.2 Å². The molecule has 0 spiro atoms. The first-order chi connectivity index (χ1) is 6.39. The van der Waals surface area contributed by atoms with Gasteiger partial charge in [-0.05, 0) is 6.42 Å². The Morgan fingerprint density at radius 1 is 1.14 bits per heavy atom. The third-order valence-corrected chi connectivity index (χ3v) is 3.26. The molecule has 0 radical (unpaired) electrons. The number of hydrogen-bond donors (Lipinski definition) is 0. The maximum absolute atomic E-state index is 5.42. The van der Waals surface area contributed by atoms with Crippen molar-refractivity contribution in [3.8, 4) is 0 Å². The van der Waals surface area contributed by atoms with Gasteiger partial charge < -0.3 is 4.90 Å². The van der Waals surface area contributed by atoms with Crippen molar-refractivity contribution in [3.05, 3.63) is 0 Å². The largest absolute Gasteiger partial charge is 0.369 e. The Hall–Kier alpha value is -0.110. The van der Waals surface area contributed by atoms with Gasteiger partial charge in [-0.15, -0.1) is 0 Å². The molecule has 0 aromatic rings. The first kappa shape index (κ1) is 13.9. The maximum atomic E-state index is 5.42. The van der Waals surface area contributed by atoms with Crippen molar-refractivity contribution in [2.75, 3.05) is 13.6 Å². The van der Waals surface area contributed by atoms with Gasteiger partial charge >= 0.3 is 0 Å². The lowest BCUT2D eigenvalue weighted by Crippen LogP contribution is -2.35. The molecule has 1 nitrogen and oxygen atoms in total. The Labute approximate surface area is 94.9 Å². The molecular formula is C12H25NS. The van der Waals surface area contributed by atoms with Crippen LogP contribution in [0.4, 0.5) is 0 Å². The topological polar surface area (TPSA) is 3.24 Å². The molecule has 0 aliphatic heterocycles. The van der Waals surface area contributed by atoms with E-state index in [1.54, 1.807) is 0 Å². The van der Waals surface area contributed by atoms with Crippen LogP contribution >= 0.6 is 12.2 Å². The second-order valence-corrected chi connectivity index (χ2v) is 5.42. The van der Waals surface area contributed by atoms with Crippen LogP contribution < -0.4 is 0 Å². The van der Waals surface area contributed by atoms with Crippen LogP contribution in [0.2, 0.25) is 0 Å². The zero-order valence-electron chi connectivity index (χ0n) is 10.4. The lowest BCUT2D eigenvalue weighted by Gasteiger charge is -2.29. The fourth-order valence-corrected chi connectivity index (χ4v) is 1.54. The predicted octanol–water partition coefficient (Wildman–Crippen LogP) is 3.87. The quantitative estimate of drug-likeness (QED) is 0.506. The van der Waals surface area contributed by atoms with Crippen molar-refractivity contribution in [1.82, 2.24) is 4.90 Å². The highest BCUT2D eigenvalue weighted by atomic mass is 32.1. The van der Waals surface area contributed by atoms with Crippen LogP contribution in [0.5, 0.6) is 0 Å². The second-order valence-electron chi connectivity index (χ2n) is 5.04. The highest BCUT2D eigenvalue weighted by molar-refractivity contribution is 7.80. The van der Waals surface area contributed by atoms with Crippen molar-refractivity contribution >= 4 is 17.2 Å². The van der Waals surface area contributed by atoms with E-state index in [2.05, 4.69) is 39.6 Å². The first-order valence-electron chi connectivity index (χ1n) is 5.65. The fourth-order valence-electron chi connectivity index (χ4n) is 1.45. The van der Waals surface area contributed by atoms with Crippen LogP contribution in [0.3, 0.4) is 0 Å². The monoisotopic (exact) mass is 215 g/mol. The summed E-state index contributed by atoms with van der Waals surface area (Å²) in [4.78, 5) is 3.30. The molecule has 0 N–H and O–H groups in total. The van der Waals surface area contributed by atoms with Crippen LogP contribution in [0.15, 0.2) is 0 Å². The van der Waals surface area contributed by atoms with Crippen molar-refractivity contribution in [2.45, 2.75) is 53.4 Å². The van der Waals surface area contributed by atoms with E-state index in [0.717, 1.165) is 11.5 Å². The first-order valence-corrected chi connectivity index (χ1v) is 6.06. The molecule has 0 aliphatic rings. The lowest BCUT2D eigenvalue weighted by molar-refractivity contribution is 0.423. The molecule has 0 amide bonds. The van der Waals surface area contributed by atoms with Gasteiger partial charge in [-0.2, -0.15) is 0 Å². The molecule has 2 heteroatoms. The summed E-state index contributed by atoms with van der Waals surface area (Å²) in [5, 5.41) is 0. The molecular weight excluding hydrogens is 190 g/mol. The standard InChI is InChI=1S/C12H25NS/c1-6-7-8-9-10-13(5)11(14)12(2,3)4/h6-10H2,1-5H3. The van der Waals surface area contributed by atoms with Gasteiger partial charge in [0.1, 0.15) is 0 Å². The van der Waals surface area contributed by atoms with Gasteiger partial charge in [-0.1, -0.05) is 59.2 Å². The summed E-state index contributed by atoms with van der Waals surface area (Å²) >= 11 is 5.42. The summed E-state index contributed by atoms with van der Waals surface area (Å²) in [6, 6.07) is 0. The number of rotatable bonds is 5. The molecule has 0 rings (SSSR count). The van der Waals surface area contributed by atoms with Crippen molar-refractivity contribution in [2.24, 2.45) is 5.41 Å². The van der Waals surface area contributed by atoms with E-state index in [1.165, 1.54) is 25.7 Å². The summed E-state index contributed by atoms with van der Waals surface area (Å²) in [5.74, 6) is 0. The second kappa shape index (κ2) is 6.39. The van der Waals surface area contributed by atoms with Crippen molar-refractivity contribution in [3.63, 3.8) is 0 Å². The predicted molar refractivity (Wildman–Crippen MR) is 68.8 cm³/mol. The van der Waals surface area contributed by atoms with Gasteiger partial charge in [0.25, 0.3) is 0 Å². The normalized spacial score (nSPS) is 11.5. The number of unbranched alkanes of at least 4 members (excludes halogenated alkanes) is 3. The Morgan fingerprint density at radius 2 is 1.71 bits per heavy atom. The highest BCUT2D eigenvalue weighted by Crippen LogP contribution is 2.18. The molecule has 84 valence electrons. The molecule has 14 heavy (non-hydrogen) atoms. The lowest BCUT2D eigenvalue weighted by atomic mass is 9.96. The van der Waals surface area contributed by atoms with E-state index in [1.807, 2.05) is 0 Å². The molecule has 0 unspecified atom stereocenters. The van der Waals surface area contributed by atoms with Crippen LogP contribution in [0, 0.1) is 5.41 Å². The Morgan fingerprint density at radius 3 is 2.14 bits per heavy atom. The van der Waals surface area contributed by atoms with Gasteiger partial charge in [0, 0.05) is 19.0 Å². The Balaban J connectivity index is 3.74. The minimum Gasteiger partial charge on any atom is -0.369 e. The van der Waals surface area contributed by atoms with E-state index < -0.39 is 0 Å². The number of hydrogen-bond acceptors (Lipinski definition) is 1. The van der Waals surface area contributed by atoms with Crippen molar-refractivity contribution < 1.29 is 0 Å². The van der Waals surface area contributed by atoms with Crippen LogP contribution in [0.25, 0.3) is 0 Å². The van der Waals surface area contributed by atoms with Crippen LogP contribution in [-0.4, -0.2) is 23.5 Å². The molecule has 0 heterocycles. The third-order valence-electron chi connectivity index (χ3n) is 2.34. The molecule has 0 fully saturated rings. The minimum absolute atomic E-state index is 0.134. The number of nitrogens with zero attached hydrogens (tertiary/aromatic N) is 1. The average molecular weight is 215 g/mol. The zero-order chi connectivity index (χ0) is 11.2. The van der Waals surface area contributed by atoms with Gasteiger partial charge in [0.15, 0.2) is 0 Å². The van der Waals surface area contributed by atoms with Crippen LogP contribution in [0.1, 0.15) is 53.4 Å². The van der Waals surface area contributed by atoms with Gasteiger partial charge in [-0.3, -0.25) is 0 Å². The molecule has 0 saturated heterocycles. The van der Waals surface area contributed by atoms with E-state index in [0.29, 0.717) is 0 Å². The van der Waals surface area contributed by atoms with Gasteiger partial charge in [-0.25, -0.2) is 0 Å². The highest BCUT2D eigenvalue weighted by Gasteiger charge is 2.19. The fraction of sp³-hybridized carbons (Fsp3) is 0.917. The smallest absolute Gasteiger partial charge is 0.0831 e. The summed E-state index contributed by atoms with van der Waals surface area (Å²) in [7, 11) is 2.11. The number of thiocarbonyl (C=S) groups is 1. The SMILES string of the molecule is CCCCCCN(C)C(=S)C(C)(C)C. The van der Waals surface area contributed by atoms with Gasteiger partial charge in [0.05, 0.1) is 4.99 Å². The molecule has 0 atom stereocenters. The minimum atomic E-state index is 0.134. The summed E-state index contributed by atoms with van der Waals surface area (Å²) in [6.07, 6.45) is 5.23. The molecule has 0 aromatic heterocycles. The summed E-state index contributed by atoms with van der Waals surface area (Å²) in [6.45, 7) is 9.88. The van der Waals surface area contributed by atoms with E-state index >= 15 is 0 Å². The Kier molecular flexibility index (Phi) is 6.34. The zero-order valence-corrected chi connectivity index (χ0v) is 11.2. The molecule has 0 aromatic carbocycles. The molecule has 0 bridgehead atoms. The third kappa shape index (κ3) is 5.58. The van der Waals surface area contributed by atoms with Crippen molar-refractivity contribution in [1.29, 1.82) is 0 Å². The summed E-state index contributed by atoms with van der Waals surface area (Å²) < 4.78 is 0. The summed E-state index contributed by atoms with van der Waals surface area (Å²) in [5.41, 5.74) is 0.134. The van der Waals surface area contributed by atoms with Gasteiger partial charge in [0.2, 0.25) is 0 Å². The van der Waals surface area contributed by atoms with E-state index in [-0.39, 0.29) is 5.41 Å². The van der Waals surface area contributed by atoms with Crippen LogP contribution in [-0.2, 0) is 0 Å². The molecule has 0 saturated carbocycles. The Bertz CT molecular complexity index is 170. The molecule has 0 aliphatic carbocycles. The van der Waals surface area contributed by atoms with E-state index in [9.17, 15) is 0 Å².